The zero-order chi connectivity index (χ0) is 13.0. The standard InChI is InChI=1S/C9H17F3N2O2/c1-6(15)8(2,3)14-4-7(16)13-5-9(10,11)12/h6,14-15H,4-5H2,1-3H3,(H,13,16). The van der Waals surface area contributed by atoms with E-state index in [1.807, 2.05) is 0 Å². The van der Waals surface area contributed by atoms with Crippen molar-refractivity contribution in [2.24, 2.45) is 0 Å². The fourth-order valence-corrected chi connectivity index (χ4v) is 0.717. The second-order valence-corrected chi connectivity index (χ2v) is 4.14. The lowest BCUT2D eigenvalue weighted by Gasteiger charge is -2.29. The maximum Gasteiger partial charge on any atom is 0.405 e. The number of carbonyl (C=O) groups excluding carboxylic acids is 1. The zero-order valence-corrected chi connectivity index (χ0v) is 9.48. The summed E-state index contributed by atoms with van der Waals surface area (Å²) in [7, 11) is 0. The van der Waals surface area contributed by atoms with Gasteiger partial charge in [-0.25, -0.2) is 0 Å². The van der Waals surface area contributed by atoms with Gasteiger partial charge >= 0.3 is 6.18 Å². The van der Waals surface area contributed by atoms with Crippen LogP contribution in [0.25, 0.3) is 0 Å². The van der Waals surface area contributed by atoms with Crippen LogP contribution in [0.1, 0.15) is 20.8 Å². The lowest BCUT2D eigenvalue weighted by atomic mass is 9.99. The number of carbonyl (C=O) groups is 1. The lowest BCUT2D eigenvalue weighted by molar-refractivity contribution is -0.138. The molecule has 0 saturated carbocycles. The lowest BCUT2D eigenvalue weighted by Crippen LogP contribution is -2.52. The van der Waals surface area contributed by atoms with Crippen molar-refractivity contribution in [2.45, 2.75) is 38.6 Å². The van der Waals surface area contributed by atoms with Gasteiger partial charge in [0.1, 0.15) is 6.54 Å². The molecule has 0 aromatic heterocycles. The molecule has 0 bridgehead atoms. The van der Waals surface area contributed by atoms with Crippen LogP contribution in [0.2, 0.25) is 0 Å². The highest BCUT2D eigenvalue weighted by Crippen LogP contribution is 2.12. The molecule has 16 heavy (non-hydrogen) atoms. The summed E-state index contributed by atoms with van der Waals surface area (Å²) >= 11 is 0. The van der Waals surface area contributed by atoms with E-state index < -0.39 is 30.3 Å². The minimum Gasteiger partial charge on any atom is -0.392 e. The average molecular weight is 242 g/mol. The Balaban J connectivity index is 3.91. The smallest absolute Gasteiger partial charge is 0.392 e. The molecular weight excluding hydrogens is 225 g/mol. The predicted octanol–water partition coefficient (Wildman–Crippen LogP) is 0.414. The van der Waals surface area contributed by atoms with Crippen LogP contribution in [0, 0.1) is 0 Å². The fourth-order valence-electron chi connectivity index (χ4n) is 0.717. The molecule has 0 spiro atoms. The van der Waals surface area contributed by atoms with E-state index in [1.54, 1.807) is 19.2 Å². The van der Waals surface area contributed by atoms with Crippen molar-refractivity contribution in [2.75, 3.05) is 13.1 Å². The minimum atomic E-state index is -4.41. The molecule has 0 aliphatic rings. The summed E-state index contributed by atoms with van der Waals surface area (Å²) in [5.74, 6) is -0.758. The van der Waals surface area contributed by atoms with Gasteiger partial charge in [-0.3, -0.25) is 4.79 Å². The number of aliphatic hydroxyl groups is 1. The Kier molecular flexibility index (Phi) is 5.21. The number of alkyl halides is 3. The van der Waals surface area contributed by atoms with Gasteiger partial charge in [0.2, 0.25) is 5.91 Å². The van der Waals surface area contributed by atoms with Gasteiger partial charge in [-0.05, 0) is 20.8 Å². The molecule has 0 heterocycles. The van der Waals surface area contributed by atoms with Crippen molar-refractivity contribution in [3.63, 3.8) is 0 Å². The normalized spacial score (nSPS) is 14.7. The molecule has 1 atom stereocenters. The first-order valence-electron chi connectivity index (χ1n) is 4.81. The van der Waals surface area contributed by atoms with Gasteiger partial charge in [-0.15, -0.1) is 0 Å². The first-order chi connectivity index (χ1) is 7.04. The van der Waals surface area contributed by atoms with Gasteiger partial charge in [0, 0.05) is 5.54 Å². The molecule has 0 aromatic carbocycles. The van der Waals surface area contributed by atoms with E-state index in [2.05, 4.69) is 5.32 Å². The molecule has 0 aliphatic heterocycles. The van der Waals surface area contributed by atoms with Gasteiger partial charge in [0.15, 0.2) is 0 Å². The Labute approximate surface area is 92.2 Å². The number of hydrogen-bond donors (Lipinski definition) is 3. The maximum absolute atomic E-state index is 11.7. The molecule has 0 saturated heterocycles. The Morgan fingerprint density at radius 2 is 1.88 bits per heavy atom. The molecular formula is C9H17F3N2O2. The van der Waals surface area contributed by atoms with Gasteiger partial charge in [-0.2, -0.15) is 13.2 Å². The van der Waals surface area contributed by atoms with Crippen LogP contribution in [0.3, 0.4) is 0 Å². The molecule has 4 nitrogen and oxygen atoms in total. The Morgan fingerprint density at radius 3 is 2.25 bits per heavy atom. The fraction of sp³-hybridized carbons (Fsp3) is 0.889. The Bertz CT molecular complexity index is 239. The van der Waals surface area contributed by atoms with Crippen molar-refractivity contribution in [3.8, 4) is 0 Å². The van der Waals surface area contributed by atoms with Crippen LogP contribution in [-0.2, 0) is 4.79 Å². The predicted molar refractivity (Wildman–Crippen MR) is 52.8 cm³/mol. The summed E-state index contributed by atoms with van der Waals surface area (Å²) < 4.78 is 35.2. The Morgan fingerprint density at radius 1 is 1.38 bits per heavy atom. The third-order valence-corrected chi connectivity index (χ3v) is 2.24. The first kappa shape index (κ1) is 15.2. The number of rotatable bonds is 5. The van der Waals surface area contributed by atoms with E-state index in [4.69, 9.17) is 0 Å². The topological polar surface area (TPSA) is 61.4 Å². The SMILES string of the molecule is CC(O)C(C)(C)NCC(=O)NCC(F)(F)F. The summed E-state index contributed by atoms with van der Waals surface area (Å²) in [5.41, 5.74) is -0.727. The van der Waals surface area contributed by atoms with E-state index in [0.29, 0.717) is 0 Å². The maximum atomic E-state index is 11.7. The molecule has 3 N–H and O–H groups in total. The van der Waals surface area contributed by atoms with E-state index in [9.17, 15) is 23.1 Å². The first-order valence-corrected chi connectivity index (χ1v) is 4.81. The van der Waals surface area contributed by atoms with Crippen molar-refractivity contribution in [3.05, 3.63) is 0 Å². The molecule has 0 fully saturated rings. The molecule has 7 heteroatoms. The largest absolute Gasteiger partial charge is 0.405 e. The molecule has 1 amide bonds. The highest BCUT2D eigenvalue weighted by Gasteiger charge is 2.28. The van der Waals surface area contributed by atoms with Crippen LogP contribution >= 0.6 is 0 Å². The summed E-state index contributed by atoms with van der Waals surface area (Å²) in [6.45, 7) is 3.21. The molecule has 96 valence electrons. The zero-order valence-electron chi connectivity index (χ0n) is 9.48. The van der Waals surface area contributed by atoms with Crippen molar-refractivity contribution < 1.29 is 23.1 Å². The molecule has 0 aliphatic carbocycles. The van der Waals surface area contributed by atoms with Crippen molar-refractivity contribution >= 4 is 5.91 Å². The summed E-state index contributed by atoms with van der Waals surface area (Å²) in [6, 6.07) is 0. The molecule has 1 unspecified atom stereocenters. The quantitative estimate of drug-likeness (QED) is 0.654. The minimum absolute atomic E-state index is 0.270. The number of nitrogens with one attached hydrogen (secondary N) is 2. The van der Waals surface area contributed by atoms with Crippen LogP contribution in [0.15, 0.2) is 0 Å². The number of halogens is 3. The summed E-state index contributed by atoms with van der Waals surface area (Å²) in [5, 5.41) is 13.7. The van der Waals surface area contributed by atoms with Crippen LogP contribution in [0.4, 0.5) is 13.2 Å². The van der Waals surface area contributed by atoms with Gasteiger partial charge in [-0.1, -0.05) is 0 Å². The van der Waals surface area contributed by atoms with Crippen molar-refractivity contribution in [1.82, 2.24) is 10.6 Å². The molecule has 0 aromatic rings. The van der Waals surface area contributed by atoms with E-state index in [-0.39, 0.29) is 6.54 Å². The van der Waals surface area contributed by atoms with Gasteiger partial charge < -0.3 is 15.7 Å². The highest BCUT2D eigenvalue weighted by atomic mass is 19.4. The van der Waals surface area contributed by atoms with E-state index in [0.717, 1.165) is 0 Å². The summed E-state index contributed by atoms with van der Waals surface area (Å²) in [4.78, 5) is 11.0. The third kappa shape index (κ3) is 6.62. The van der Waals surface area contributed by atoms with Gasteiger partial charge in [0.25, 0.3) is 0 Å². The van der Waals surface area contributed by atoms with Crippen LogP contribution in [0.5, 0.6) is 0 Å². The Hall–Kier alpha value is -0.820. The second kappa shape index (κ2) is 5.49. The third-order valence-electron chi connectivity index (χ3n) is 2.24. The average Bonchev–Trinajstić information content (AvgIpc) is 2.10. The number of amides is 1. The van der Waals surface area contributed by atoms with Gasteiger partial charge in [0.05, 0.1) is 12.6 Å². The number of hydrogen-bond acceptors (Lipinski definition) is 3. The van der Waals surface area contributed by atoms with Crippen LogP contribution < -0.4 is 10.6 Å². The monoisotopic (exact) mass is 242 g/mol. The second-order valence-electron chi connectivity index (χ2n) is 4.14. The number of aliphatic hydroxyl groups excluding tert-OH is 1. The summed E-state index contributed by atoms with van der Waals surface area (Å²) in [6.07, 6.45) is -5.13. The van der Waals surface area contributed by atoms with Crippen LogP contribution in [-0.4, -0.2) is 41.9 Å². The molecule has 0 rings (SSSR count). The highest BCUT2D eigenvalue weighted by molar-refractivity contribution is 5.78. The molecule has 0 radical (unpaired) electrons. The van der Waals surface area contributed by atoms with Crippen molar-refractivity contribution in [1.29, 1.82) is 0 Å². The van der Waals surface area contributed by atoms with E-state index >= 15 is 0 Å². The van der Waals surface area contributed by atoms with E-state index in [1.165, 1.54) is 6.92 Å².